The highest BCUT2D eigenvalue weighted by atomic mass is 32.2. The average Bonchev–Trinajstić information content (AvgIpc) is 3.24. The van der Waals surface area contributed by atoms with Gasteiger partial charge >= 0.3 is 0 Å². The summed E-state index contributed by atoms with van der Waals surface area (Å²) < 4.78 is 1.88. The third-order valence-corrected chi connectivity index (χ3v) is 5.56. The van der Waals surface area contributed by atoms with Crippen LogP contribution in [0.15, 0.2) is 29.7 Å². The molecule has 130 valence electrons. The zero-order valence-electron chi connectivity index (χ0n) is 14.2. The van der Waals surface area contributed by atoms with Crippen LogP contribution in [0, 0.1) is 13.8 Å². The van der Waals surface area contributed by atoms with Crippen molar-refractivity contribution in [1.29, 1.82) is 0 Å². The van der Waals surface area contributed by atoms with Crippen molar-refractivity contribution in [2.75, 3.05) is 11.1 Å². The first-order valence-electron chi connectivity index (χ1n) is 7.79. The fourth-order valence-electron chi connectivity index (χ4n) is 2.11. The summed E-state index contributed by atoms with van der Waals surface area (Å²) in [5.74, 6) is 0.0864. The van der Waals surface area contributed by atoms with Crippen LogP contribution in [-0.4, -0.2) is 36.6 Å². The summed E-state index contributed by atoms with van der Waals surface area (Å²) in [6.07, 6.45) is 2.46. The maximum atomic E-state index is 12.1. The second kappa shape index (κ2) is 7.75. The number of amides is 1. The van der Waals surface area contributed by atoms with Gasteiger partial charge in [-0.2, -0.15) is 0 Å². The molecule has 9 heteroatoms. The molecule has 2 heterocycles. The maximum Gasteiger partial charge on any atom is 0.236 e. The molecule has 0 aliphatic rings. The Balaban J connectivity index is 1.65. The number of thioether (sulfide) groups is 1. The molecule has 1 N–H and O–H groups in total. The molecular weight excluding hydrogens is 356 g/mol. The molecule has 2 aromatic heterocycles. The van der Waals surface area contributed by atoms with E-state index in [1.54, 1.807) is 6.33 Å². The predicted molar refractivity (Wildman–Crippen MR) is 99.5 cm³/mol. The van der Waals surface area contributed by atoms with Crippen molar-refractivity contribution >= 4 is 34.1 Å². The van der Waals surface area contributed by atoms with Crippen molar-refractivity contribution in [3.8, 4) is 5.69 Å². The molecule has 0 fully saturated rings. The van der Waals surface area contributed by atoms with Crippen LogP contribution in [-0.2, 0) is 11.2 Å². The molecule has 3 aromatic rings. The average molecular weight is 374 g/mol. The highest BCUT2D eigenvalue weighted by molar-refractivity contribution is 7.99. The van der Waals surface area contributed by atoms with E-state index in [1.165, 1.54) is 34.2 Å². The lowest BCUT2D eigenvalue weighted by atomic mass is 10.1. The molecule has 0 atom stereocenters. The van der Waals surface area contributed by atoms with Gasteiger partial charge in [0.05, 0.1) is 5.75 Å². The van der Waals surface area contributed by atoms with E-state index in [4.69, 9.17) is 0 Å². The van der Waals surface area contributed by atoms with Crippen molar-refractivity contribution in [3.05, 3.63) is 40.7 Å². The van der Waals surface area contributed by atoms with Gasteiger partial charge in [-0.1, -0.05) is 36.1 Å². The number of nitrogens with one attached hydrogen (secondary N) is 1. The molecule has 25 heavy (non-hydrogen) atoms. The number of rotatable bonds is 6. The summed E-state index contributed by atoms with van der Waals surface area (Å²) in [6, 6.07) is 6.16. The van der Waals surface area contributed by atoms with E-state index < -0.39 is 0 Å². The minimum absolute atomic E-state index is 0.140. The normalized spacial score (nSPS) is 10.8. The summed E-state index contributed by atoms with van der Waals surface area (Å²) in [7, 11) is 0. The van der Waals surface area contributed by atoms with Gasteiger partial charge in [0.15, 0.2) is 5.16 Å². The van der Waals surface area contributed by atoms with Crippen LogP contribution in [0.2, 0.25) is 0 Å². The first-order valence-corrected chi connectivity index (χ1v) is 9.59. The second-order valence-corrected chi connectivity index (χ2v) is 7.45. The number of nitrogens with zero attached hydrogens (tertiary/aromatic N) is 5. The smallest absolute Gasteiger partial charge is 0.236 e. The first-order chi connectivity index (χ1) is 12.1. The molecule has 0 saturated heterocycles. The summed E-state index contributed by atoms with van der Waals surface area (Å²) in [4.78, 5) is 12.1. The van der Waals surface area contributed by atoms with Crippen LogP contribution < -0.4 is 5.32 Å². The van der Waals surface area contributed by atoms with E-state index in [0.29, 0.717) is 10.3 Å². The zero-order chi connectivity index (χ0) is 17.8. The molecule has 0 aliphatic carbocycles. The summed E-state index contributed by atoms with van der Waals surface area (Å²) in [6.45, 7) is 6.14. The molecular formula is C16H18N6OS2. The number of anilines is 1. The monoisotopic (exact) mass is 374 g/mol. The van der Waals surface area contributed by atoms with E-state index >= 15 is 0 Å². The van der Waals surface area contributed by atoms with Crippen molar-refractivity contribution in [2.24, 2.45) is 0 Å². The van der Waals surface area contributed by atoms with Gasteiger partial charge in [-0.05, 0) is 43.5 Å². The number of aryl methyl sites for hydroxylation is 3. The number of aromatic nitrogens is 5. The predicted octanol–water partition coefficient (Wildman–Crippen LogP) is 3.03. The Labute approximate surface area is 153 Å². The SMILES string of the molecule is CCc1nnc(NC(=O)CSc2nncn2-c2ccc(C)c(C)c2)s1. The molecule has 0 aliphatic heterocycles. The van der Waals surface area contributed by atoms with Gasteiger partial charge < -0.3 is 0 Å². The maximum absolute atomic E-state index is 12.1. The lowest BCUT2D eigenvalue weighted by Crippen LogP contribution is -2.14. The molecule has 0 radical (unpaired) electrons. The Kier molecular flexibility index (Phi) is 5.44. The van der Waals surface area contributed by atoms with Crippen molar-refractivity contribution in [1.82, 2.24) is 25.0 Å². The Morgan fingerprint density at radius 1 is 1.24 bits per heavy atom. The molecule has 0 saturated carbocycles. The third-order valence-electron chi connectivity index (χ3n) is 3.63. The number of carbonyl (C=O) groups is 1. The molecule has 1 aromatic carbocycles. The van der Waals surface area contributed by atoms with Gasteiger partial charge in [0, 0.05) is 5.69 Å². The van der Waals surface area contributed by atoms with Crippen molar-refractivity contribution < 1.29 is 4.79 Å². The fraction of sp³-hybridized carbons (Fsp3) is 0.312. The second-order valence-electron chi connectivity index (χ2n) is 5.44. The first kappa shape index (κ1) is 17.6. The lowest BCUT2D eigenvalue weighted by Gasteiger charge is -2.08. The van der Waals surface area contributed by atoms with Crippen LogP contribution in [0.25, 0.3) is 5.69 Å². The number of hydrogen-bond acceptors (Lipinski definition) is 7. The fourth-order valence-corrected chi connectivity index (χ4v) is 3.53. The van der Waals surface area contributed by atoms with E-state index in [9.17, 15) is 4.79 Å². The van der Waals surface area contributed by atoms with E-state index in [2.05, 4.69) is 51.7 Å². The largest absolute Gasteiger partial charge is 0.300 e. The van der Waals surface area contributed by atoms with Gasteiger partial charge in [-0.15, -0.1) is 20.4 Å². The minimum Gasteiger partial charge on any atom is -0.300 e. The summed E-state index contributed by atoms with van der Waals surface area (Å²) in [5.41, 5.74) is 3.41. The standard InChI is InChI=1S/C16H18N6OS2/c1-4-14-19-20-15(25-14)18-13(23)8-24-16-21-17-9-22(16)12-6-5-10(2)11(3)7-12/h5-7,9H,4,8H2,1-3H3,(H,18,20,23). The van der Waals surface area contributed by atoms with Crippen LogP contribution in [0.3, 0.4) is 0 Å². The van der Waals surface area contributed by atoms with Crippen LogP contribution in [0.4, 0.5) is 5.13 Å². The molecule has 1 amide bonds. The van der Waals surface area contributed by atoms with Gasteiger partial charge in [0.2, 0.25) is 11.0 Å². The topological polar surface area (TPSA) is 85.6 Å². The quantitative estimate of drug-likeness (QED) is 0.668. The Morgan fingerprint density at radius 2 is 2.08 bits per heavy atom. The van der Waals surface area contributed by atoms with Gasteiger partial charge in [0.1, 0.15) is 11.3 Å². The Bertz CT molecular complexity index is 888. The van der Waals surface area contributed by atoms with Crippen LogP contribution in [0.1, 0.15) is 23.1 Å². The van der Waals surface area contributed by atoms with Gasteiger partial charge in [0.25, 0.3) is 0 Å². The van der Waals surface area contributed by atoms with Crippen molar-refractivity contribution in [3.63, 3.8) is 0 Å². The highest BCUT2D eigenvalue weighted by Crippen LogP contribution is 2.22. The minimum atomic E-state index is -0.140. The van der Waals surface area contributed by atoms with Gasteiger partial charge in [-0.25, -0.2) is 0 Å². The van der Waals surface area contributed by atoms with Gasteiger partial charge in [-0.3, -0.25) is 14.7 Å². The highest BCUT2D eigenvalue weighted by Gasteiger charge is 2.12. The molecule has 0 bridgehead atoms. The Morgan fingerprint density at radius 3 is 2.80 bits per heavy atom. The third kappa shape index (κ3) is 4.23. The van der Waals surface area contributed by atoms with Crippen molar-refractivity contribution in [2.45, 2.75) is 32.3 Å². The molecule has 0 spiro atoms. The lowest BCUT2D eigenvalue weighted by molar-refractivity contribution is -0.113. The zero-order valence-corrected chi connectivity index (χ0v) is 15.8. The van der Waals surface area contributed by atoms with E-state index in [1.807, 2.05) is 17.6 Å². The number of carbonyl (C=O) groups excluding carboxylic acids is 1. The van der Waals surface area contributed by atoms with E-state index in [-0.39, 0.29) is 11.7 Å². The molecule has 0 unspecified atom stereocenters. The Hall–Kier alpha value is -2.26. The molecule has 7 nitrogen and oxygen atoms in total. The molecule has 3 rings (SSSR count). The summed E-state index contributed by atoms with van der Waals surface area (Å²) in [5, 5.41) is 20.9. The van der Waals surface area contributed by atoms with E-state index in [0.717, 1.165) is 17.1 Å². The summed E-state index contributed by atoms with van der Waals surface area (Å²) >= 11 is 2.72. The number of benzene rings is 1. The van der Waals surface area contributed by atoms with Crippen LogP contribution >= 0.6 is 23.1 Å². The van der Waals surface area contributed by atoms with Crippen LogP contribution in [0.5, 0.6) is 0 Å². The number of hydrogen-bond donors (Lipinski definition) is 1.